The first-order chi connectivity index (χ1) is 13.7. The van der Waals surface area contributed by atoms with E-state index < -0.39 is 0 Å². The molecule has 2 aromatic rings. The van der Waals surface area contributed by atoms with Gasteiger partial charge in [0.05, 0.1) is 6.61 Å². The lowest BCUT2D eigenvalue weighted by atomic mass is 9.80. The van der Waals surface area contributed by atoms with E-state index in [0.29, 0.717) is 5.92 Å². The van der Waals surface area contributed by atoms with Crippen LogP contribution in [0.1, 0.15) is 69.4 Å². The van der Waals surface area contributed by atoms with Crippen molar-refractivity contribution in [1.82, 2.24) is 0 Å². The fourth-order valence-corrected chi connectivity index (χ4v) is 3.90. The molecule has 0 heterocycles. The highest BCUT2D eigenvalue weighted by Crippen LogP contribution is 2.32. The van der Waals surface area contributed by atoms with Gasteiger partial charge in [-0.2, -0.15) is 0 Å². The molecule has 0 aromatic heterocycles. The first-order valence-corrected chi connectivity index (χ1v) is 10.7. The lowest BCUT2D eigenvalue weighted by Gasteiger charge is -2.28. The molecule has 0 bridgehead atoms. The van der Waals surface area contributed by atoms with E-state index in [2.05, 4.69) is 18.8 Å². The molecule has 1 fully saturated rings. The van der Waals surface area contributed by atoms with Crippen LogP contribution in [-0.2, 0) is 0 Å². The van der Waals surface area contributed by atoms with Gasteiger partial charge >= 0.3 is 0 Å². The first-order valence-electron chi connectivity index (χ1n) is 10.7. The van der Waals surface area contributed by atoms with Gasteiger partial charge in [-0.3, -0.25) is 0 Å². The maximum Gasteiger partial charge on any atom is 0.123 e. The maximum atomic E-state index is 12.9. The van der Waals surface area contributed by atoms with Crippen molar-refractivity contribution in [2.24, 2.45) is 11.8 Å². The van der Waals surface area contributed by atoms with Crippen LogP contribution in [0.15, 0.2) is 48.5 Å². The van der Waals surface area contributed by atoms with E-state index in [-0.39, 0.29) is 5.82 Å². The number of ether oxygens (including phenoxy) is 1. The molecule has 0 aliphatic heterocycles. The van der Waals surface area contributed by atoms with Crippen LogP contribution in [-0.4, -0.2) is 6.61 Å². The first kappa shape index (κ1) is 20.5. The predicted molar refractivity (Wildman–Crippen MR) is 114 cm³/mol. The Balaban J connectivity index is 1.41. The van der Waals surface area contributed by atoms with E-state index in [1.807, 2.05) is 24.3 Å². The molecule has 0 spiro atoms. The molecule has 0 atom stereocenters. The number of rotatable bonds is 7. The third-order valence-corrected chi connectivity index (χ3v) is 5.72. The highest BCUT2D eigenvalue weighted by atomic mass is 19.1. The Bertz CT molecular complexity index is 759. The van der Waals surface area contributed by atoms with Crippen molar-refractivity contribution in [1.29, 1.82) is 0 Å². The SMILES string of the molecule is CCCCCC1CCC(COc2ccc(C#Cc3ccc(F)cc3)cc2)CC1. The Hall–Kier alpha value is -2.27. The molecule has 1 aliphatic rings. The smallest absolute Gasteiger partial charge is 0.123 e. The minimum Gasteiger partial charge on any atom is -0.493 e. The summed E-state index contributed by atoms with van der Waals surface area (Å²) in [5, 5.41) is 0. The van der Waals surface area contributed by atoms with Crippen molar-refractivity contribution in [3.05, 3.63) is 65.5 Å². The summed E-state index contributed by atoms with van der Waals surface area (Å²) >= 11 is 0. The van der Waals surface area contributed by atoms with Crippen molar-refractivity contribution in [2.45, 2.75) is 58.3 Å². The van der Waals surface area contributed by atoms with Gasteiger partial charge < -0.3 is 4.74 Å². The van der Waals surface area contributed by atoms with Crippen LogP contribution in [0.25, 0.3) is 0 Å². The average Bonchev–Trinajstić information content (AvgIpc) is 2.74. The molecule has 0 N–H and O–H groups in total. The van der Waals surface area contributed by atoms with E-state index in [4.69, 9.17) is 4.74 Å². The Labute approximate surface area is 169 Å². The maximum absolute atomic E-state index is 12.9. The summed E-state index contributed by atoms with van der Waals surface area (Å²) in [6.07, 6.45) is 10.9. The van der Waals surface area contributed by atoms with E-state index in [1.54, 1.807) is 12.1 Å². The standard InChI is InChI=1S/C26H31FO/c1-2-3-4-5-21-8-10-24(11-9-21)20-28-26-18-14-23(15-19-26)7-6-22-12-16-25(27)17-13-22/h12-19,21,24H,2-5,8-11,20H2,1H3. The molecule has 0 radical (unpaired) electrons. The monoisotopic (exact) mass is 378 g/mol. The summed E-state index contributed by atoms with van der Waals surface area (Å²) in [6, 6.07) is 14.2. The third-order valence-electron chi connectivity index (χ3n) is 5.72. The van der Waals surface area contributed by atoms with Gasteiger partial charge in [0.25, 0.3) is 0 Å². The van der Waals surface area contributed by atoms with Crippen LogP contribution in [0.3, 0.4) is 0 Å². The van der Waals surface area contributed by atoms with E-state index in [1.165, 1.54) is 63.5 Å². The minimum atomic E-state index is -0.239. The van der Waals surface area contributed by atoms with Crippen molar-refractivity contribution < 1.29 is 9.13 Å². The molecule has 0 unspecified atom stereocenters. The van der Waals surface area contributed by atoms with Gasteiger partial charge in [-0.25, -0.2) is 4.39 Å². The zero-order valence-corrected chi connectivity index (χ0v) is 16.9. The molecule has 2 heteroatoms. The summed E-state index contributed by atoms with van der Waals surface area (Å²) in [6.45, 7) is 3.10. The molecule has 0 amide bonds. The highest BCUT2D eigenvalue weighted by molar-refractivity contribution is 5.44. The summed E-state index contributed by atoms with van der Waals surface area (Å²) in [4.78, 5) is 0. The average molecular weight is 379 g/mol. The molecule has 1 saturated carbocycles. The summed E-state index contributed by atoms with van der Waals surface area (Å²) < 4.78 is 18.9. The van der Waals surface area contributed by atoms with Crippen LogP contribution in [0, 0.1) is 29.5 Å². The highest BCUT2D eigenvalue weighted by Gasteiger charge is 2.21. The molecule has 0 saturated heterocycles. The largest absolute Gasteiger partial charge is 0.493 e. The molecular weight excluding hydrogens is 347 g/mol. The summed E-state index contributed by atoms with van der Waals surface area (Å²) in [5.41, 5.74) is 1.75. The van der Waals surface area contributed by atoms with Crippen molar-refractivity contribution >= 4 is 0 Å². The Morgan fingerprint density at radius 1 is 0.821 bits per heavy atom. The van der Waals surface area contributed by atoms with Crippen LogP contribution >= 0.6 is 0 Å². The van der Waals surface area contributed by atoms with Gasteiger partial charge in [-0.15, -0.1) is 0 Å². The second-order valence-electron chi connectivity index (χ2n) is 7.97. The fraction of sp³-hybridized carbons (Fsp3) is 0.462. The van der Waals surface area contributed by atoms with E-state index in [0.717, 1.165) is 29.4 Å². The quantitative estimate of drug-likeness (QED) is 0.372. The van der Waals surface area contributed by atoms with Gasteiger partial charge in [0.2, 0.25) is 0 Å². The zero-order valence-electron chi connectivity index (χ0n) is 16.9. The molecule has 3 rings (SSSR count). The predicted octanol–water partition coefficient (Wildman–Crippen LogP) is 6.99. The van der Waals surface area contributed by atoms with Crippen LogP contribution < -0.4 is 4.74 Å². The second kappa shape index (κ2) is 10.9. The molecule has 28 heavy (non-hydrogen) atoms. The van der Waals surface area contributed by atoms with Gasteiger partial charge in [0.1, 0.15) is 11.6 Å². The van der Waals surface area contributed by atoms with Crippen molar-refractivity contribution in [2.75, 3.05) is 6.61 Å². The molecule has 1 nitrogen and oxygen atoms in total. The molecule has 2 aromatic carbocycles. The molecule has 1 aliphatic carbocycles. The number of hydrogen-bond acceptors (Lipinski definition) is 1. The summed E-state index contributed by atoms with van der Waals surface area (Å²) in [7, 11) is 0. The van der Waals surface area contributed by atoms with Crippen LogP contribution in [0.4, 0.5) is 4.39 Å². The number of unbranched alkanes of at least 4 members (excludes halogenated alkanes) is 2. The minimum absolute atomic E-state index is 0.239. The Kier molecular flexibility index (Phi) is 7.97. The molecule has 148 valence electrons. The zero-order chi connectivity index (χ0) is 19.6. The normalized spacial score (nSPS) is 18.9. The lowest BCUT2D eigenvalue weighted by molar-refractivity contribution is 0.177. The summed E-state index contributed by atoms with van der Waals surface area (Å²) in [5.74, 6) is 8.48. The Morgan fingerprint density at radius 2 is 1.39 bits per heavy atom. The van der Waals surface area contributed by atoms with Crippen molar-refractivity contribution in [3.63, 3.8) is 0 Å². The van der Waals surface area contributed by atoms with Gasteiger partial charge in [0, 0.05) is 11.1 Å². The van der Waals surface area contributed by atoms with Gasteiger partial charge in [0.15, 0.2) is 0 Å². The number of benzene rings is 2. The van der Waals surface area contributed by atoms with Gasteiger partial charge in [-0.05, 0) is 73.2 Å². The van der Waals surface area contributed by atoms with Crippen LogP contribution in [0.2, 0.25) is 0 Å². The lowest BCUT2D eigenvalue weighted by Crippen LogP contribution is -2.20. The van der Waals surface area contributed by atoms with Gasteiger partial charge in [-0.1, -0.05) is 57.3 Å². The Morgan fingerprint density at radius 3 is 2.00 bits per heavy atom. The number of hydrogen-bond donors (Lipinski definition) is 0. The number of halogens is 1. The van der Waals surface area contributed by atoms with E-state index in [9.17, 15) is 4.39 Å². The van der Waals surface area contributed by atoms with E-state index >= 15 is 0 Å². The molecular formula is C26H31FO. The second-order valence-corrected chi connectivity index (χ2v) is 7.97. The van der Waals surface area contributed by atoms with Crippen LogP contribution in [0.5, 0.6) is 5.75 Å². The third kappa shape index (κ3) is 6.71. The van der Waals surface area contributed by atoms with Crippen molar-refractivity contribution in [3.8, 4) is 17.6 Å². The fourth-order valence-electron chi connectivity index (χ4n) is 3.90. The topological polar surface area (TPSA) is 9.23 Å².